The van der Waals surface area contributed by atoms with Crippen LogP contribution in [0.25, 0.3) is 0 Å². The topological polar surface area (TPSA) is 62.3 Å². The molecule has 0 fully saturated rings. The van der Waals surface area contributed by atoms with Gasteiger partial charge in [0.15, 0.2) is 5.03 Å². The summed E-state index contributed by atoms with van der Waals surface area (Å²) in [5.41, 5.74) is 0.569. The average molecular weight is 285 g/mol. The van der Waals surface area contributed by atoms with Crippen LogP contribution in [-0.4, -0.2) is 37.3 Å². The lowest BCUT2D eigenvalue weighted by molar-refractivity contribution is 0.417. The zero-order valence-corrected chi connectivity index (χ0v) is 12.7. The first-order valence-corrected chi connectivity index (χ1v) is 8.20. The third-order valence-electron chi connectivity index (χ3n) is 2.84. The minimum Gasteiger partial charge on any atom is -0.383 e. The summed E-state index contributed by atoms with van der Waals surface area (Å²) < 4.78 is 26.7. The molecule has 1 rings (SSSR count). The van der Waals surface area contributed by atoms with E-state index in [1.54, 1.807) is 12.1 Å². The number of hydrogen-bond donors (Lipinski definition) is 1. The lowest BCUT2D eigenvalue weighted by Gasteiger charge is -2.21. The summed E-state index contributed by atoms with van der Waals surface area (Å²) in [5, 5.41) is 3.17. The summed E-state index contributed by atoms with van der Waals surface area (Å²) in [4.78, 5) is 4.05. The highest BCUT2D eigenvalue weighted by Gasteiger charge is 2.26. The van der Waals surface area contributed by atoms with E-state index in [9.17, 15) is 8.42 Å². The maximum atomic E-state index is 12.6. The second-order valence-electron chi connectivity index (χ2n) is 4.24. The van der Waals surface area contributed by atoms with Crippen LogP contribution in [0.1, 0.15) is 33.6 Å². The normalized spacial score (nSPS) is 11.8. The number of hydrogen-bond acceptors (Lipinski definition) is 4. The van der Waals surface area contributed by atoms with Crippen molar-refractivity contribution in [2.45, 2.75) is 38.6 Å². The van der Waals surface area contributed by atoms with Crippen LogP contribution in [0.4, 0.5) is 5.69 Å². The maximum absolute atomic E-state index is 12.6. The second kappa shape index (κ2) is 7.45. The standard InChI is InChI=1S/C13H23N3O2S/c1-4-7-11-16(6-3)19(17,18)13-12(14-5-2)9-8-10-15-13/h8-10,14H,4-7,11H2,1-3H3. The molecule has 0 radical (unpaired) electrons. The Balaban J connectivity index is 3.10. The Labute approximate surface area is 116 Å². The molecule has 1 heterocycles. The zero-order valence-electron chi connectivity index (χ0n) is 11.9. The van der Waals surface area contributed by atoms with Crippen LogP contribution >= 0.6 is 0 Å². The van der Waals surface area contributed by atoms with Crippen molar-refractivity contribution in [2.24, 2.45) is 0 Å². The molecule has 1 aromatic rings. The smallest absolute Gasteiger partial charge is 0.262 e. The van der Waals surface area contributed by atoms with Gasteiger partial charge in [0.1, 0.15) is 0 Å². The van der Waals surface area contributed by atoms with Crippen molar-refractivity contribution in [2.75, 3.05) is 25.0 Å². The molecular weight excluding hydrogens is 262 g/mol. The van der Waals surface area contributed by atoms with Crippen molar-refractivity contribution in [3.8, 4) is 0 Å². The van der Waals surface area contributed by atoms with Gasteiger partial charge >= 0.3 is 0 Å². The molecule has 1 N–H and O–H groups in total. The predicted octanol–water partition coefficient (Wildman–Crippen LogP) is 2.32. The minimum atomic E-state index is -3.52. The summed E-state index contributed by atoms with van der Waals surface area (Å²) in [6.07, 6.45) is 3.34. The van der Waals surface area contributed by atoms with Crippen molar-refractivity contribution in [1.82, 2.24) is 9.29 Å². The molecule has 6 heteroatoms. The van der Waals surface area contributed by atoms with E-state index in [0.29, 0.717) is 25.3 Å². The van der Waals surface area contributed by atoms with Crippen molar-refractivity contribution in [3.63, 3.8) is 0 Å². The Morgan fingerprint density at radius 1 is 1.32 bits per heavy atom. The first kappa shape index (κ1) is 15.9. The van der Waals surface area contributed by atoms with E-state index in [0.717, 1.165) is 12.8 Å². The summed E-state index contributed by atoms with van der Waals surface area (Å²) >= 11 is 0. The van der Waals surface area contributed by atoms with Gasteiger partial charge in [0, 0.05) is 25.8 Å². The number of rotatable bonds is 8. The lowest BCUT2D eigenvalue weighted by atomic mass is 10.3. The van der Waals surface area contributed by atoms with E-state index in [4.69, 9.17) is 0 Å². The minimum absolute atomic E-state index is 0.120. The highest BCUT2D eigenvalue weighted by Crippen LogP contribution is 2.22. The van der Waals surface area contributed by atoms with Gasteiger partial charge in [0.05, 0.1) is 5.69 Å². The van der Waals surface area contributed by atoms with Crippen LogP contribution < -0.4 is 5.32 Å². The van der Waals surface area contributed by atoms with E-state index in [2.05, 4.69) is 10.3 Å². The van der Waals surface area contributed by atoms with E-state index in [-0.39, 0.29) is 5.03 Å². The number of anilines is 1. The number of nitrogens with zero attached hydrogens (tertiary/aromatic N) is 2. The number of pyridine rings is 1. The van der Waals surface area contributed by atoms with Crippen LogP contribution in [0, 0.1) is 0 Å². The molecule has 0 spiro atoms. The fourth-order valence-corrected chi connectivity index (χ4v) is 3.39. The molecule has 0 aliphatic carbocycles. The van der Waals surface area contributed by atoms with E-state index >= 15 is 0 Å². The van der Waals surface area contributed by atoms with Gasteiger partial charge in [-0.25, -0.2) is 13.4 Å². The average Bonchev–Trinajstić information content (AvgIpc) is 2.40. The highest BCUT2D eigenvalue weighted by molar-refractivity contribution is 7.89. The van der Waals surface area contributed by atoms with Gasteiger partial charge in [-0.2, -0.15) is 4.31 Å². The summed E-state index contributed by atoms with van der Waals surface area (Å²) in [6, 6.07) is 3.48. The fourth-order valence-electron chi connectivity index (χ4n) is 1.83. The molecule has 0 aliphatic heterocycles. The Bertz CT molecular complexity index is 488. The quantitative estimate of drug-likeness (QED) is 0.796. The number of sulfonamides is 1. The molecule has 5 nitrogen and oxygen atoms in total. The Morgan fingerprint density at radius 2 is 2.05 bits per heavy atom. The molecule has 0 aromatic carbocycles. The van der Waals surface area contributed by atoms with Gasteiger partial charge in [-0.05, 0) is 25.5 Å². The first-order chi connectivity index (χ1) is 9.07. The van der Waals surface area contributed by atoms with E-state index in [1.807, 2.05) is 20.8 Å². The van der Waals surface area contributed by atoms with Gasteiger partial charge in [0.25, 0.3) is 10.0 Å². The van der Waals surface area contributed by atoms with Gasteiger partial charge in [0.2, 0.25) is 0 Å². The third kappa shape index (κ3) is 3.91. The summed E-state index contributed by atoms with van der Waals surface area (Å²) in [7, 11) is -3.52. The number of unbranched alkanes of at least 4 members (excludes halogenated alkanes) is 1. The lowest BCUT2D eigenvalue weighted by Crippen LogP contribution is -2.33. The molecule has 0 bridgehead atoms. The van der Waals surface area contributed by atoms with Crippen LogP contribution in [-0.2, 0) is 10.0 Å². The molecule has 0 atom stereocenters. The SMILES string of the molecule is CCCCN(CC)S(=O)(=O)c1ncccc1NCC. The molecule has 1 aromatic heterocycles. The predicted molar refractivity (Wildman–Crippen MR) is 77.7 cm³/mol. The summed E-state index contributed by atoms with van der Waals surface area (Å²) in [5.74, 6) is 0. The second-order valence-corrected chi connectivity index (χ2v) is 6.09. The largest absolute Gasteiger partial charge is 0.383 e. The van der Waals surface area contributed by atoms with E-state index in [1.165, 1.54) is 10.5 Å². The molecular formula is C13H23N3O2S. The molecule has 108 valence electrons. The highest BCUT2D eigenvalue weighted by atomic mass is 32.2. The van der Waals surface area contributed by atoms with Gasteiger partial charge < -0.3 is 5.32 Å². The maximum Gasteiger partial charge on any atom is 0.262 e. The Kier molecular flexibility index (Phi) is 6.24. The Morgan fingerprint density at radius 3 is 2.63 bits per heavy atom. The van der Waals surface area contributed by atoms with Crippen LogP contribution in [0.2, 0.25) is 0 Å². The number of aromatic nitrogens is 1. The number of nitrogens with one attached hydrogen (secondary N) is 1. The van der Waals surface area contributed by atoms with Crippen molar-refractivity contribution >= 4 is 15.7 Å². The fraction of sp³-hybridized carbons (Fsp3) is 0.615. The molecule has 0 amide bonds. The molecule has 0 unspecified atom stereocenters. The first-order valence-electron chi connectivity index (χ1n) is 6.76. The van der Waals surface area contributed by atoms with Crippen molar-refractivity contribution in [1.29, 1.82) is 0 Å². The van der Waals surface area contributed by atoms with Crippen LogP contribution in [0.3, 0.4) is 0 Å². The zero-order chi connectivity index (χ0) is 14.3. The van der Waals surface area contributed by atoms with Gasteiger partial charge in [-0.15, -0.1) is 0 Å². The molecule has 0 aliphatic rings. The summed E-state index contributed by atoms with van der Waals surface area (Å²) in [6.45, 7) is 7.49. The van der Waals surface area contributed by atoms with Crippen LogP contribution in [0.15, 0.2) is 23.4 Å². The van der Waals surface area contributed by atoms with Crippen LogP contribution in [0.5, 0.6) is 0 Å². The molecule has 0 saturated heterocycles. The Hall–Kier alpha value is -1.14. The third-order valence-corrected chi connectivity index (χ3v) is 4.77. The van der Waals surface area contributed by atoms with Crippen molar-refractivity contribution < 1.29 is 8.42 Å². The van der Waals surface area contributed by atoms with E-state index < -0.39 is 10.0 Å². The van der Waals surface area contributed by atoms with Gasteiger partial charge in [-0.3, -0.25) is 0 Å². The molecule has 0 saturated carbocycles. The van der Waals surface area contributed by atoms with Crippen molar-refractivity contribution in [3.05, 3.63) is 18.3 Å². The van der Waals surface area contributed by atoms with Gasteiger partial charge in [-0.1, -0.05) is 20.3 Å². The monoisotopic (exact) mass is 285 g/mol. The molecule has 19 heavy (non-hydrogen) atoms.